The molecule has 2 heteroatoms. The van der Waals surface area contributed by atoms with Crippen molar-refractivity contribution in [3.63, 3.8) is 0 Å². The zero-order chi connectivity index (χ0) is 9.54. The molecule has 1 aromatic rings. The van der Waals surface area contributed by atoms with Crippen molar-refractivity contribution in [1.82, 2.24) is 4.98 Å². The Morgan fingerprint density at radius 1 is 1.21 bits per heavy atom. The van der Waals surface area contributed by atoms with Gasteiger partial charge in [0.2, 0.25) is 0 Å². The summed E-state index contributed by atoms with van der Waals surface area (Å²) in [6.45, 7) is 0. The Hall–Kier alpha value is -0.560. The maximum atomic E-state index is 5.79. The summed E-state index contributed by atoms with van der Waals surface area (Å²) in [6.07, 6.45) is 7.69. The van der Waals surface area contributed by atoms with Crippen LogP contribution in [-0.2, 0) is 0 Å². The molecule has 0 unspecified atom stereocenters. The fourth-order valence-electron chi connectivity index (χ4n) is 3.26. The molecule has 74 valence electrons. The monoisotopic (exact) mass is 207 g/mol. The molecule has 3 rings (SSSR count). The van der Waals surface area contributed by atoms with E-state index in [9.17, 15) is 0 Å². The predicted molar refractivity (Wildman–Crippen MR) is 57.4 cm³/mol. The van der Waals surface area contributed by atoms with Crippen LogP contribution in [0.5, 0.6) is 0 Å². The topological polar surface area (TPSA) is 12.9 Å². The number of aromatic nitrogens is 1. The highest BCUT2D eigenvalue weighted by molar-refractivity contribution is 6.29. The molecular formula is C12H14ClN. The fraction of sp³-hybridized carbons (Fsp3) is 0.583. The highest BCUT2D eigenvalue weighted by atomic mass is 35.5. The van der Waals surface area contributed by atoms with Gasteiger partial charge in [-0.3, -0.25) is 0 Å². The third-order valence-electron chi connectivity index (χ3n) is 3.92. The van der Waals surface area contributed by atoms with Crippen molar-refractivity contribution in [2.75, 3.05) is 0 Å². The van der Waals surface area contributed by atoms with E-state index in [4.69, 9.17) is 11.6 Å². The van der Waals surface area contributed by atoms with E-state index in [0.29, 0.717) is 5.15 Å². The van der Waals surface area contributed by atoms with Crippen LogP contribution >= 0.6 is 11.6 Å². The van der Waals surface area contributed by atoms with Crippen LogP contribution in [0.25, 0.3) is 0 Å². The van der Waals surface area contributed by atoms with E-state index in [1.165, 1.54) is 31.2 Å². The van der Waals surface area contributed by atoms with Crippen molar-refractivity contribution in [2.45, 2.75) is 31.6 Å². The van der Waals surface area contributed by atoms with E-state index in [1.807, 2.05) is 12.3 Å². The van der Waals surface area contributed by atoms with Gasteiger partial charge in [0.15, 0.2) is 0 Å². The van der Waals surface area contributed by atoms with Gasteiger partial charge >= 0.3 is 0 Å². The van der Waals surface area contributed by atoms with Crippen LogP contribution in [0.1, 0.15) is 37.2 Å². The first-order valence-corrected chi connectivity index (χ1v) is 5.82. The van der Waals surface area contributed by atoms with Crippen molar-refractivity contribution in [3.8, 4) is 0 Å². The molecular weight excluding hydrogens is 194 g/mol. The third-order valence-corrected chi connectivity index (χ3v) is 4.14. The largest absolute Gasteiger partial charge is 0.244 e. The normalized spacial score (nSPS) is 35.1. The zero-order valence-corrected chi connectivity index (χ0v) is 8.87. The molecule has 2 fully saturated rings. The second-order valence-electron chi connectivity index (χ2n) is 4.70. The summed E-state index contributed by atoms with van der Waals surface area (Å²) in [5, 5.41) is 0.608. The minimum Gasteiger partial charge on any atom is -0.244 e. The highest BCUT2D eigenvalue weighted by Gasteiger charge is 2.40. The van der Waals surface area contributed by atoms with Gasteiger partial charge < -0.3 is 0 Å². The summed E-state index contributed by atoms with van der Waals surface area (Å²) in [5.74, 6) is 2.71. The summed E-state index contributed by atoms with van der Waals surface area (Å²) in [6, 6.07) is 4.07. The molecule has 0 spiro atoms. The van der Waals surface area contributed by atoms with Crippen molar-refractivity contribution in [1.29, 1.82) is 0 Å². The SMILES string of the molecule is Clc1ccc([C@@H]2C[C@H]3CC[C@@H]2C3)cn1. The first kappa shape index (κ1) is 8.72. The smallest absolute Gasteiger partial charge is 0.129 e. The molecule has 1 aromatic heterocycles. The van der Waals surface area contributed by atoms with E-state index in [2.05, 4.69) is 11.1 Å². The summed E-state index contributed by atoms with van der Waals surface area (Å²) in [5.41, 5.74) is 1.40. The molecule has 2 aliphatic rings. The van der Waals surface area contributed by atoms with E-state index >= 15 is 0 Å². The minimum atomic E-state index is 0.608. The maximum Gasteiger partial charge on any atom is 0.129 e. The van der Waals surface area contributed by atoms with Crippen LogP contribution in [0.3, 0.4) is 0 Å². The summed E-state index contributed by atoms with van der Waals surface area (Å²) in [7, 11) is 0. The Morgan fingerprint density at radius 3 is 2.71 bits per heavy atom. The molecule has 2 aliphatic carbocycles. The molecule has 14 heavy (non-hydrogen) atoms. The molecule has 3 atom stereocenters. The Balaban J connectivity index is 1.86. The molecule has 0 N–H and O–H groups in total. The first-order valence-electron chi connectivity index (χ1n) is 5.44. The molecule has 1 nitrogen and oxygen atoms in total. The Bertz CT molecular complexity index is 333. The number of hydrogen-bond acceptors (Lipinski definition) is 1. The number of hydrogen-bond donors (Lipinski definition) is 0. The Morgan fingerprint density at radius 2 is 2.14 bits per heavy atom. The lowest BCUT2D eigenvalue weighted by atomic mass is 9.84. The van der Waals surface area contributed by atoms with E-state index < -0.39 is 0 Å². The van der Waals surface area contributed by atoms with Gasteiger partial charge in [-0.05, 0) is 48.6 Å². The van der Waals surface area contributed by atoms with Gasteiger partial charge in [-0.25, -0.2) is 4.98 Å². The summed E-state index contributed by atoms with van der Waals surface area (Å²) < 4.78 is 0. The number of fused-ring (bicyclic) bond motifs is 2. The standard InChI is InChI=1S/C12H14ClN/c13-12-4-3-10(7-14-12)11-6-8-1-2-9(11)5-8/h3-4,7-9,11H,1-2,5-6H2/t8-,9+,11+/m0/s1. The van der Waals surface area contributed by atoms with Crippen LogP contribution < -0.4 is 0 Å². The van der Waals surface area contributed by atoms with E-state index in [0.717, 1.165) is 17.8 Å². The van der Waals surface area contributed by atoms with E-state index in [-0.39, 0.29) is 0 Å². The quantitative estimate of drug-likeness (QED) is 0.641. The number of pyridine rings is 1. The lowest BCUT2D eigenvalue weighted by molar-refractivity contribution is 0.419. The van der Waals surface area contributed by atoms with E-state index in [1.54, 1.807) is 0 Å². The average Bonchev–Trinajstić information content (AvgIpc) is 2.80. The van der Waals surface area contributed by atoms with Crippen LogP contribution in [0.4, 0.5) is 0 Å². The lowest BCUT2D eigenvalue weighted by Crippen LogP contribution is -2.08. The molecule has 2 saturated carbocycles. The maximum absolute atomic E-state index is 5.79. The van der Waals surface area contributed by atoms with Crippen molar-refractivity contribution in [2.24, 2.45) is 11.8 Å². The van der Waals surface area contributed by atoms with Gasteiger partial charge in [-0.15, -0.1) is 0 Å². The zero-order valence-electron chi connectivity index (χ0n) is 8.12. The Labute approximate surface area is 89.5 Å². The van der Waals surface area contributed by atoms with Gasteiger partial charge in [0.1, 0.15) is 5.15 Å². The van der Waals surface area contributed by atoms with Crippen LogP contribution in [0.2, 0.25) is 5.15 Å². The molecule has 0 aromatic carbocycles. The van der Waals surface area contributed by atoms with Crippen LogP contribution in [-0.4, -0.2) is 4.98 Å². The highest BCUT2D eigenvalue weighted by Crippen LogP contribution is 2.52. The predicted octanol–water partition coefficient (Wildman–Crippen LogP) is 3.64. The molecule has 2 bridgehead atoms. The molecule has 0 amide bonds. The third kappa shape index (κ3) is 1.35. The second-order valence-corrected chi connectivity index (χ2v) is 5.08. The van der Waals surface area contributed by atoms with Crippen molar-refractivity contribution in [3.05, 3.63) is 29.0 Å². The Kier molecular flexibility index (Phi) is 2.01. The summed E-state index contributed by atoms with van der Waals surface area (Å²) in [4.78, 5) is 4.17. The average molecular weight is 208 g/mol. The fourth-order valence-corrected chi connectivity index (χ4v) is 3.37. The number of nitrogens with zero attached hydrogens (tertiary/aromatic N) is 1. The van der Waals surface area contributed by atoms with Gasteiger partial charge in [0, 0.05) is 6.20 Å². The van der Waals surface area contributed by atoms with Crippen molar-refractivity contribution >= 4 is 11.6 Å². The van der Waals surface area contributed by atoms with Crippen LogP contribution in [0, 0.1) is 11.8 Å². The van der Waals surface area contributed by atoms with Crippen molar-refractivity contribution < 1.29 is 0 Å². The first-order chi connectivity index (χ1) is 6.83. The lowest BCUT2D eigenvalue weighted by Gasteiger charge is -2.21. The van der Waals surface area contributed by atoms with Gasteiger partial charge in [0.05, 0.1) is 0 Å². The minimum absolute atomic E-state index is 0.608. The van der Waals surface area contributed by atoms with Crippen LogP contribution in [0.15, 0.2) is 18.3 Å². The number of halogens is 1. The molecule has 0 radical (unpaired) electrons. The second kappa shape index (κ2) is 3.23. The number of rotatable bonds is 1. The molecule has 0 aliphatic heterocycles. The summed E-state index contributed by atoms with van der Waals surface area (Å²) >= 11 is 5.79. The van der Waals surface area contributed by atoms with Gasteiger partial charge in [0.25, 0.3) is 0 Å². The molecule has 1 heterocycles. The molecule has 0 saturated heterocycles. The van der Waals surface area contributed by atoms with Gasteiger partial charge in [-0.2, -0.15) is 0 Å². The van der Waals surface area contributed by atoms with Gasteiger partial charge in [-0.1, -0.05) is 24.1 Å².